The lowest BCUT2D eigenvalue weighted by molar-refractivity contribution is 0.0233. The Morgan fingerprint density at radius 2 is 1.88 bits per heavy atom. The van der Waals surface area contributed by atoms with E-state index in [-0.39, 0.29) is 11.5 Å². The number of hydrogen-bond acceptors (Lipinski definition) is 1. The van der Waals surface area contributed by atoms with Gasteiger partial charge in [-0.2, -0.15) is 0 Å². The molecule has 0 aliphatic heterocycles. The second-order valence-corrected chi connectivity index (χ2v) is 5.18. The fourth-order valence-electron chi connectivity index (χ4n) is 3.12. The zero-order valence-corrected chi connectivity index (χ0v) is 10.4. The van der Waals surface area contributed by atoms with E-state index in [0.29, 0.717) is 0 Å². The molecule has 1 aromatic rings. The Morgan fingerprint density at radius 3 is 2.44 bits per heavy atom. The first-order valence-corrected chi connectivity index (χ1v) is 6.43. The highest BCUT2D eigenvalue weighted by Gasteiger charge is 2.39. The Kier molecular flexibility index (Phi) is 3.34. The summed E-state index contributed by atoms with van der Waals surface area (Å²) >= 11 is 0. The number of rotatable bonds is 3. The van der Waals surface area contributed by atoms with Crippen molar-refractivity contribution in [1.29, 1.82) is 0 Å². The van der Waals surface area contributed by atoms with Gasteiger partial charge in [-0.1, -0.05) is 44.0 Å². The molecule has 0 amide bonds. The van der Waals surface area contributed by atoms with Gasteiger partial charge in [0.25, 0.3) is 0 Å². The maximum Gasteiger partial charge on any atom is 0.0848 e. The summed E-state index contributed by atoms with van der Waals surface area (Å²) in [4.78, 5) is 0. The Morgan fingerprint density at radius 1 is 1.25 bits per heavy atom. The van der Waals surface area contributed by atoms with Gasteiger partial charge < -0.3 is 5.11 Å². The summed E-state index contributed by atoms with van der Waals surface area (Å²) < 4.78 is 0. The molecule has 0 spiro atoms. The van der Waals surface area contributed by atoms with Crippen LogP contribution in [-0.2, 0) is 0 Å². The second kappa shape index (κ2) is 4.58. The SMILES string of the molecule is CCC1(C(O)c2ccccc2C)CCCC1. The molecule has 88 valence electrons. The smallest absolute Gasteiger partial charge is 0.0848 e. The third-order valence-corrected chi connectivity index (χ3v) is 4.37. The van der Waals surface area contributed by atoms with E-state index in [0.717, 1.165) is 12.0 Å². The van der Waals surface area contributed by atoms with E-state index >= 15 is 0 Å². The summed E-state index contributed by atoms with van der Waals surface area (Å²) in [6.45, 7) is 4.31. The highest BCUT2D eigenvalue weighted by Crippen LogP contribution is 2.50. The highest BCUT2D eigenvalue weighted by molar-refractivity contribution is 5.29. The molecule has 1 heteroatoms. The van der Waals surface area contributed by atoms with Crippen molar-refractivity contribution in [2.24, 2.45) is 5.41 Å². The molecular weight excluding hydrogens is 196 g/mol. The third-order valence-electron chi connectivity index (χ3n) is 4.37. The summed E-state index contributed by atoms with van der Waals surface area (Å²) in [5.74, 6) is 0. The van der Waals surface area contributed by atoms with Gasteiger partial charge >= 0.3 is 0 Å². The maximum absolute atomic E-state index is 10.7. The lowest BCUT2D eigenvalue weighted by atomic mass is 9.74. The predicted octanol–water partition coefficient (Wildman–Crippen LogP) is 4.00. The van der Waals surface area contributed by atoms with Gasteiger partial charge in [0.1, 0.15) is 0 Å². The number of benzene rings is 1. The first-order valence-electron chi connectivity index (χ1n) is 6.43. The van der Waals surface area contributed by atoms with Crippen LogP contribution in [0.1, 0.15) is 56.3 Å². The summed E-state index contributed by atoms with van der Waals surface area (Å²) in [6, 6.07) is 8.25. The number of aliphatic hydroxyl groups is 1. The Balaban J connectivity index is 2.30. The molecule has 0 bridgehead atoms. The van der Waals surface area contributed by atoms with Gasteiger partial charge in [-0.05, 0) is 37.3 Å². The van der Waals surface area contributed by atoms with Gasteiger partial charge in [-0.25, -0.2) is 0 Å². The molecule has 1 aliphatic carbocycles. The predicted molar refractivity (Wildman–Crippen MR) is 67.3 cm³/mol. The molecule has 16 heavy (non-hydrogen) atoms. The van der Waals surface area contributed by atoms with Crippen LogP contribution >= 0.6 is 0 Å². The van der Waals surface area contributed by atoms with Gasteiger partial charge in [0.05, 0.1) is 6.10 Å². The van der Waals surface area contributed by atoms with Crippen molar-refractivity contribution >= 4 is 0 Å². The minimum Gasteiger partial charge on any atom is -0.388 e. The van der Waals surface area contributed by atoms with Crippen molar-refractivity contribution in [3.8, 4) is 0 Å². The average molecular weight is 218 g/mol. The van der Waals surface area contributed by atoms with E-state index in [2.05, 4.69) is 26.0 Å². The van der Waals surface area contributed by atoms with E-state index in [4.69, 9.17) is 0 Å². The average Bonchev–Trinajstić information content (AvgIpc) is 2.78. The topological polar surface area (TPSA) is 20.2 Å². The third kappa shape index (κ3) is 1.89. The molecule has 0 aromatic heterocycles. The molecule has 0 saturated heterocycles. The fraction of sp³-hybridized carbons (Fsp3) is 0.600. The van der Waals surface area contributed by atoms with Crippen molar-refractivity contribution in [2.45, 2.75) is 52.1 Å². The fourth-order valence-corrected chi connectivity index (χ4v) is 3.12. The van der Waals surface area contributed by atoms with Gasteiger partial charge in [0.2, 0.25) is 0 Å². The van der Waals surface area contributed by atoms with Crippen LogP contribution in [0.15, 0.2) is 24.3 Å². The van der Waals surface area contributed by atoms with Crippen LogP contribution < -0.4 is 0 Å². The Labute approximate surface area is 98.5 Å². The molecule has 1 aromatic carbocycles. The van der Waals surface area contributed by atoms with Gasteiger partial charge in [0.15, 0.2) is 0 Å². The first-order chi connectivity index (χ1) is 7.69. The zero-order chi connectivity index (χ0) is 11.6. The van der Waals surface area contributed by atoms with Crippen molar-refractivity contribution in [2.75, 3.05) is 0 Å². The molecule has 1 fully saturated rings. The molecule has 1 saturated carbocycles. The van der Waals surface area contributed by atoms with Crippen LogP contribution in [0.25, 0.3) is 0 Å². The van der Waals surface area contributed by atoms with Crippen LogP contribution in [0.4, 0.5) is 0 Å². The molecule has 1 N–H and O–H groups in total. The molecule has 1 atom stereocenters. The van der Waals surface area contributed by atoms with Crippen molar-refractivity contribution in [3.63, 3.8) is 0 Å². The molecular formula is C15H22O. The minimum atomic E-state index is -0.277. The van der Waals surface area contributed by atoms with Gasteiger partial charge in [0, 0.05) is 5.41 Å². The molecule has 1 aliphatic rings. The summed E-state index contributed by atoms with van der Waals surface area (Å²) in [5, 5.41) is 10.7. The molecule has 1 nitrogen and oxygen atoms in total. The van der Waals surface area contributed by atoms with Gasteiger partial charge in [-0.3, -0.25) is 0 Å². The Hall–Kier alpha value is -0.820. The minimum absolute atomic E-state index is 0.145. The van der Waals surface area contributed by atoms with E-state index < -0.39 is 0 Å². The van der Waals surface area contributed by atoms with Crippen LogP contribution in [-0.4, -0.2) is 5.11 Å². The lowest BCUT2D eigenvalue weighted by Crippen LogP contribution is -2.25. The van der Waals surface area contributed by atoms with Crippen molar-refractivity contribution in [3.05, 3.63) is 35.4 Å². The number of aryl methyl sites for hydroxylation is 1. The van der Waals surface area contributed by atoms with E-state index in [1.165, 1.54) is 31.2 Å². The molecule has 1 unspecified atom stereocenters. The van der Waals surface area contributed by atoms with E-state index in [1.807, 2.05) is 12.1 Å². The van der Waals surface area contributed by atoms with E-state index in [9.17, 15) is 5.11 Å². The standard InChI is InChI=1S/C15H22O/c1-3-15(10-6-7-11-15)14(16)13-9-5-4-8-12(13)2/h4-5,8-9,14,16H,3,6-7,10-11H2,1-2H3. The van der Waals surface area contributed by atoms with Crippen molar-refractivity contribution in [1.82, 2.24) is 0 Å². The van der Waals surface area contributed by atoms with E-state index in [1.54, 1.807) is 0 Å². The monoisotopic (exact) mass is 218 g/mol. The zero-order valence-electron chi connectivity index (χ0n) is 10.4. The van der Waals surface area contributed by atoms with Crippen LogP contribution in [0.2, 0.25) is 0 Å². The molecule has 0 radical (unpaired) electrons. The highest BCUT2D eigenvalue weighted by atomic mass is 16.3. The first kappa shape index (κ1) is 11.7. The number of hydrogen-bond donors (Lipinski definition) is 1. The number of aliphatic hydroxyl groups excluding tert-OH is 1. The van der Waals surface area contributed by atoms with Crippen LogP contribution in [0.3, 0.4) is 0 Å². The quantitative estimate of drug-likeness (QED) is 0.813. The molecule has 0 heterocycles. The Bertz CT molecular complexity index is 350. The largest absolute Gasteiger partial charge is 0.388 e. The normalized spacial score (nSPS) is 20.9. The maximum atomic E-state index is 10.7. The lowest BCUT2D eigenvalue weighted by Gasteiger charge is -2.34. The second-order valence-electron chi connectivity index (χ2n) is 5.18. The van der Waals surface area contributed by atoms with Gasteiger partial charge in [-0.15, -0.1) is 0 Å². The summed E-state index contributed by atoms with van der Waals surface area (Å²) in [7, 11) is 0. The van der Waals surface area contributed by atoms with Crippen LogP contribution in [0.5, 0.6) is 0 Å². The van der Waals surface area contributed by atoms with Crippen LogP contribution in [0, 0.1) is 12.3 Å². The van der Waals surface area contributed by atoms with Crippen molar-refractivity contribution < 1.29 is 5.11 Å². The molecule has 2 rings (SSSR count). The summed E-state index contributed by atoms with van der Waals surface area (Å²) in [6.07, 6.45) is 5.72. The summed E-state index contributed by atoms with van der Waals surface area (Å²) in [5.41, 5.74) is 2.49.